The molecule has 1 N–H and O–H groups in total. The van der Waals surface area contributed by atoms with Crippen molar-refractivity contribution in [3.63, 3.8) is 0 Å². The number of carbonyl (C=O) groups excluding carboxylic acids is 1. The quantitative estimate of drug-likeness (QED) is 0.823. The Morgan fingerprint density at radius 2 is 1.59 bits per heavy atom. The molecule has 27 heavy (non-hydrogen) atoms. The Morgan fingerprint density at radius 3 is 2.07 bits per heavy atom. The fourth-order valence-electron chi connectivity index (χ4n) is 3.82. The third kappa shape index (κ3) is 3.54. The minimum absolute atomic E-state index is 0.0402. The van der Waals surface area contributed by atoms with Crippen molar-refractivity contribution in [3.8, 4) is 11.1 Å². The van der Waals surface area contributed by atoms with Gasteiger partial charge in [0.05, 0.1) is 0 Å². The minimum Gasteiger partial charge on any atom is -0.480 e. The summed E-state index contributed by atoms with van der Waals surface area (Å²) in [4.78, 5) is 25.3. The average Bonchev–Trinajstić information content (AvgIpc) is 2.99. The third-order valence-electron chi connectivity index (χ3n) is 5.48. The summed E-state index contributed by atoms with van der Waals surface area (Å²) in [6.45, 7) is 3.92. The van der Waals surface area contributed by atoms with Crippen molar-refractivity contribution in [3.05, 3.63) is 59.7 Å². The van der Waals surface area contributed by atoms with Crippen molar-refractivity contribution >= 4 is 12.1 Å². The third-order valence-corrected chi connectivity index (χ3v) is 5.48. The molecule has 0 saturated carbocycles. The van der Waals surface area contributed by atoms with Crippen LogP contribution < -0.4 is 0 Å². The van der Waals surface area contributed by atoms with Crippen molar-refractivity contribution < 1.29 is 19.4 Å². The second-order valence-corrected chi connectivity index (χ2v) is 7.08. The lowest BCUT2D eigenvalue weighted by molar-refractivity contribution is -0.144. The Bertz CT molecular complexity index is 802. The molecular formula is C22H25NO4. The van der Waals surface area contributed by atoms with E-state index in [-0.39, 0.29) is 18.4 Å². The zero-order valence-electron chi connectivity index (χ0n) is 15.9. The molecule has 0 bridgehead atoms. The molecule has 2 aromatic rings. The highest BCUT2D eigenvalue weighted by molar-refractivity contribution is 5.81. The second-order valence-electron chi connectivity index (χ2n) is 7.08. The number of aliphatic carboxylic acids is 1. The SMILES string of the molecule is CCC(C)[C@H](C(=O)O)N(C)C(=O)OCC1c2ccccc2-c2ccccc21. The predicted octanol–water partition coefficient (Wildman–Crippen LogP) is 4.37. The maximum absolute atomic E-state index is 12.5. The highest BCUT2D eigenvalue weighted by Gasteiger charge is 2.33. The van der Waals surface area contributed by atoms with E-state index < -0.39 is 18.1 Å². The van der Waals surface area contributed by atoms with Gasteiger partial charge in [-0.3, -0.25) is 4.90 Å². The first-order valence-electron chi connectivity index (χ1n) is 9.26. The van der Waals surface area contributed by atoms with E-state index in [0.29, 0.717) is 6.42 Å². The van der Waals surface area contributed by atoms with Crippen LogP contribution in [0.2, 0.25) is 0 Å². The number of likely N-dealkylation sites (N-methyl/N-ethyl adjacent to an activating group) is 1. The van der Waals surface area contributed by atoms with Crippen molar-refractivity contribution in [2.45, 2.75) is 32.2 Å². The molecule has 0 aliphatic heterocycles. The lowest BCUT2D eigenvalue weighted by Gasteiger charge is -2.28. The van der Waals surface area contributed by atoms with Crippen molar-refractivity contribution in [1.82, 2.24) is 4.90 Å². The summed E-state index contributed by atoms with van der Waals surface area (Å²) in [6, 6.07) is 15.3. The summed E-state index contributed by atoms with van der Waals surface area (Å²) in [5.41, 5.74) is 4.58. The van der Waals surface area contributed by atoms with Crippen LogP contribution in [0.1, 0.15) is 37.3 Å². The van der Waals surface area contributed by atoms with E-state index in [1.165, 1.54) is 11.9 Å². The molecular weight excluding hydrogens is 342 g/mol. The maximum atomic E-state index is 12.5. The molecule has 2 atom stereocenters. The lowest BCUT2D eigenvalue weighted by atomic mass is 9.98. The van der Waals surface area contributed by atoms with Crippen LogP contribution >= 0.6 is 0 Å². The number of amides is 1. The van der Waals surface area contributed by atoms with Crippen molar-refractivity contribution in [1.29, 1.82) is 0 Å². The van der Waals surface area contributed by atoms with E-state index in [4.69, 9.17) is 4.74 Å². The van der Waals surface area contributed by atoms with E-state index in [0.717, 1.165) is 22.3 Å². The lowest BCUT2D eigenvalue weighted by Crippen LogP contribution is -2.46. The molecule has 0 spiro atoms. The zero-order chi connectivity index (χ0) is 19.6. The molecule has 0 fully saturated rings. The number of hydrogen-bond donors (Lipinski definition) is 1. The van der Waals surface area contributed by atoms with Gasteiger partial charge in [-0.1, -0.05) is 68.8 Å². The highest BCUT2D eigenvalue weighted by Crippen LogP contribution is 2.44. The number of benzene rings is 2. The first-order chi connectivity index (χ1) is 13.0. The molecule has 3 rings (SSSR count). The van der Waals surface area contributed by atoms with E-state index >= 15 is 0 Å². The molecule has 1 aliphatic carbocycles. The molecule has 5 heteroatoms. The van der Waals surface area contributed by atoms with Gasteiger partial charge in [0.25, 0.3) is 0 Å². The molecule has 5 nitrogen and oxygen atoms in total. The van der Waals surface area contributed by atoms with Crippen LogP contribution in [-0.2, 0) is 9.53 Å². The second kappa shape index (κ2) is 7.82. The van der Waals surface area contributed by atoms with Crippen LogP contribution in [-0.4, -0.2) is 41.8 Å². The normalized spacial score (nSPS) is 14.8. The first-order valence-corrected chi connectivity index (χ1v) is 9.26. The number of carbonyl (C=O) groups is 2. The fourth-order valence-corrected chi connectivity index (χ4v) is 3.82. The van der Waals surface area contributed by atoms with Gasteiger partial charge in [0.15, 0.2) is 0 Å². The Hall–Kier alpha value is -2.82. The molecule has 0 saturated heterocycles. The Kier molecular flexibility index (Phi) is 5.49. The number of ether oxygens (including phenoxy) is 1. The topological polar surface area (TPSA) is 66.8 Å². The van der Waals surface area contributed by atoms with E-state index in [1.54, 1.807) is 0 Å². The monoisotopic (exact) mass is 367 g/mol. The summed E-state index contributed by atoms with van der Waals surface area (Å²) < 4.78 is 5.55. The predicted molar refractivity (Wildman–Crippen MR) is 104 cm³/mol. The van der Waals surface area contributed by atoms with Gasteiger partial charge in [-0.05, 0) is 28.2 Å². The molecule has 0 heterocycles. The largest absolute Gasteiger partial charge is 0.480 e. The van der Waals surface area contributed by atoms with Gasteiger partial charge in [-0.2, -0.15) is 0 Å². The molecule has 142 valence electrons. The Labute approximate surface area is 159 Å². The standard InChI is InChI=1S/C22H25NO4/c1-4-14(2)20(21(24)25)23(3)22(26)27-13-19-17-11-7-5-9-15(17)16-10-6-8-12-18(16)19/h5-12,14,19-20H,4,13H2,1-3H3,(H,24,25)/t14?,20-/m1/s1. The van der Waals surface area contributed by atoms with E-state index in [9.17, 15) is 14.7 Å². The van der Waals surface area contributed by atoms with Gasteiger partial charge in [-0.15, -0.1) is 0 Å². The summed E-state index contributed by atoms with van der Waals surface area (Å²) in [6.07, 6.45) is 0.0578. The summed E-state index contributed by atoms with van der Waals surface area (Å²) in [5.74, 6) is -1.21. The number of rotatable bonds is 6. The average molecular weight is 367 g/mol. The Morgan fingerprint density at radius 1 is 1.07 bits per heavy atom. The van der Waals surface area contributed by atoms with Gasteiger partial charge >= 0.3 is 12.1 Å². The summed E-state index contributed by atoms with van der Waals surface area (Å²) >= 11 is 0. The number of carboxylic acids is 1. The van der Waals surface area contributed by atoms with Crippen LogP contribution in [0, 0.1) is 5.92 Å². The van der Waals surface area contributed by atoms with Crippen LogP contribution in [0.5, 0.6) is 0 Å². The van der Waals surface area contributed by atoms with Crippen molar-refractivity contribution in [2.24, 2.45) is 5.92 Å². The van der Waals surface area contributed by atoms with Gasteiger partial charge in [0.1, 0.15) is 12.6 Å². The molecule has 1 unspecified atom stereocenters. The van der Waals surface area contributed by atoms with Gasteiger partial charge in [0, 0.05) is 13.0 Å². The fraction of sp³-hybridized carbons (Fsp3) is 0.364. The Balaban J connectivity index is 1.77. The first kappa shape index (κ1) is 19.0. The van der Waals surface area contributed by atoms with Gasteiger partial charge in [0.2, 0.25) is 0 Å². The smallest absolute Gasteiger partial charge is 0.410 e. The molecule has 2 aromatic carbocycles. The molecule has 0 aromatic heterocycles. The number of carboxylic acid groups (broad SMARTS) is 1. The zero-order valence-corrected chi connectivity index (χ0v) is 15.9. The maximum Gasteiger partial charge on any atom is 0.410 e. The summed E-state index contributed by atoms with van der Waals surface area (Å²) in [5, 5.41) is 9.48. The van der Waals surface area contributed by atoms with Gasteiger partial charge < -0.3 is 9.84 Å². The van der Waals surface area contributed by atoms with Crippen LogP contribution in [0.3, 0.4) is 0 Å². The number of fused-ring (bicyclic) bond motifs is 3. The number of nitrogens with zero attached hydrogens (tertiary/aromatic N) is 1. The summed E-state index contributed by atoms with van der Waals surface area (Å²) in [7, 11) is 1.49. The van der Waals surface area contributed by atoms with Crippen LogP contribution in [0.4, 0.5) is 4.79 Å². The van der Waals surface area contributed by atoms with Crippen LogP contribution in [0.25, 0.3) is 11.1 Å². The van der Waals surface area contributed by atoms with Crippen LogP contribution in [0.15, 0.2) is 48.5 Å². The number of hydrogen-bond acceptors (Lipinski definition) is 3. The van der Waals surface area contributed by atoms with E-state index in [1.807, 2.05) is 38.1 Å². The molecule has 1 aliphatic rings. The molecule has 0 radical (unpaired) electrons. The van der Waals surface area contributed by atoms with Gasteiger partial charge in [-0.25, -0.2) is 9.59 Å². The molecule has 1 amide bonds. The highest BCUT2D eigenvalue weighted by atomic mass is 16.6. The minimum atomic E-state index is -1.01. The van der Waals surface area contributed by atoms with E-state index in [2.05, 4.69) is 24.3 Å². The van der Waals surface area contributed by atoms with Crippen molar-refractivity contribution in [2.75, 3.05) is 13.7 Å².